The number of methoxy groups -OCH3 is 2. The van der Waals surface area contributed by atoms with E-state index in [2.05, 4.69) is 10.6 Å². The minimum absolute atomic E-state index is 0.0696. The highest BCUT2D eigenvalue weighted by Gasteiger charge is 2.48. The van der Waals surface area contributed by atoms with Gasteiger partial charge in [0.1, 0.15) is 23.4 Å². The van der Waals surface area contributed by atoms with Gasteiger partial charge in [0, 0.05) is 75.7 Å². The van der Waals surface area contributed by atoms with Crippen LogP contribution in [0.3, 0.4) is 0 Å². The third-order valence-electron chi connectivity index (χ3n) is 10.5. The Morgan fingerprint density at radius 2 is 1.63 bits per heavy atom. The molecule has 4 heterocycles. The van der Waals surface area contributed by atoms with Crippen LogP contribution in [0, 0.1) is 19.7 Å². The fourth-order valence-electron chi connectivity index (χ4n) is 7.53. The molecule has 2 aromatic carbocycles. The van der Waals surface area contributed by atoms with Crippen LogP contribution in [-0.4, -0.2) is 97.7 Å². The number of imide groups is 1. The monoisotopic (exact) mass is 710 g/mol. The van der Waals surface area contributed by atoms with Crippen molar-refractivity contribution >= 4 is 23.2 Å². The molecule has 1 aromatic heterocycles. The van der Waals surface area contributed by atoms with Gasteiger partial charge < -0.3 is 24.3 Å². The van der Waals surface area contributed by atoms with Crippen molar-refractivity contribution in [3.63, 3.8) is 0 Å². The number of pyridine rings is 1. The van der Waals surface area contributed by atoms with Gasteiger partial charge in [-0.1, -0.05) is 0 Å². The van der Waals surface area contributed by atoms with Crippen LogP contribution >= 0.6 is 0 Å². The molecule has 51 heavy (non-hydrogen) atoms. The number of carbonyl (C=O) groups excluding carboxylic acids is 2. The molecule has 2 atom stereocenters. The van der Waals surface area contributed by atoms with Gasteiger partial charge in [-0.2, -0.15) is 0 Å². The lowest BCUT2D eigenvalue weighted by molar-refractivity contribution is -0.133. The molecule has 1 unspecified atom stereocenters. The van der Waals surface area contributed by atoms with Gasteiger partial charge in [0.2, 0.25) is 11.8 Å². The van der Waals surface area contributed by atoms with Crippen LogP contribution in [0.5, 0.6) is 11.5 Å². The van der Waals surface area contributed by atoms with Gasteiger partial charge in [0.25, 0.3) is 11.5 Å². The number of nitrogens with one attached hydrogen (secondary N) is 2. The molecule has 3 aliphatic heterocycles. The highest BCUT2D eigenvalue weighted by Crippen LogP contribution is 2.39. The second kappa shape index (κ2) is 14.6. The fraction of sp³-hybridized carbons (Fsp3) is 0.486. The third kappa shape index (κ3) is 7.43. The summed E-state index contributed by atoms with van der Waals surface area (Å²) in [5, 5.41) is 5.26. The Bertz CT molecular complexity index is 1850. The highest BCUT2D eigenvalue weighted by atomic mass is 19.3. The van der Waals surface area contributed by atoms with Gasteiger partial charge in [0.05, 0.1) is 38.1 Å². The Morgan fingerprint density at radius 3 is 2.24 bits per heavy atom. The number of aryl methyl sites for hydroxylation is 1. The molecule has 2 amide bonds. The Labute approximate surface area is 295 Å². The maximum absolute atomic E-state index is 15.9. The van der Waals surface area contributed by atoms with E-state index in [1.54, 1.807) is 51.4 Å². The summed E-state index contributed by atoms with van der Waals surface area (Å²) >= 11 is 0. The number of alkyl halides is 2. The number of halogens is 3. The highest BCUT2D eigenvalue weighted by molar-refractivity contribution is 6.01. The molecule has 11 nitrogen and oxygen atoms in total. The molecule has 274 valence electrons. The Morgan fingerprint density at radius 1 is 0.941 bits per heavy atom. The van der Waals surface area contributed by atoms with Crippen molar-refractivity contribution < 1.29 is 32.2 Å². The third-order valence-corrected chi connectivity index (χ3v) is 10.5. The summed E-state index contributed by atoms with van der Waals surface area (Å²) in [5.41, 5.74) is 4.55. The van der Waals surface area contributed by atoms with Crippen LogP contribution in [0.25, 0.3) is 11.1 Å². The lowest BCUT2D eigenvalue weighted by Crippen LogP contribution is -2.61. The molecular weight excluding hydrogens is 665 g/mol. The van der Waals surface area contributed by atoms with E-state index in [1.165, 1.54) is 10.6 Å². The van der Waals surface area contributed by atoms with Crippen molar-refractivity contribution in [1.29, 1.82) is 0 Å². The zero-order chi connectivity index (χ0) is 36.6. The molecule has 0 spiro atoms. The van der Waals surface area contributed by atoms with Gasteiger partial charge >= 0.3 is 0 Å². The van der Waals surface area contributed by atoms with E-state index >= 15 is 13.2 Å². The summed E-state index contributed by atoms with van der Waals surface area (Å²) in [5.74, 6) is -3.19. The van der Waals surface area contributed by atoms with E-state index in [9.17, 15) is 14.4 Å². The molecular formula is C37H45F3N6O5. The molecule has 0 saturated carbocycles. The number of piperidine rings is 2. The smallest absolute Gasteiger partial charge is 0.275 e. The number of rotatable bonds is 9. The minimum atomic E-state index is -2.99. The topological polar surface area (TPSA) is 108 Å². The number of carbonyl (C=O) groups is 2. The van der Waals surface area contributed by atoms with E-state index in [0.29, 0.717) is 73.1 Å². The quantitative estimate of drug-likeness (QED) is 0.318. The molecule has 6 rings (SSSR count). The molecule has 3 fully saturated rings. The number of likely N-dealkylation sites (tertiary alicyclic amines) is 1. The first-order valence-corrected chi connectivity index (χ1v) is 17.2. The average molecular weight is 711 g/mol. The number of benzene rings is 2. The standard InChI is InChI=1S/C37H45F3N6O5/c1-22-23(2)36(49)43(3)19-26(22)24-16-31(50-4)27(32(17-24)51-5)20-44-11-10-33(37(39,40)21-44)46-14-12-45(13-15-46)30-8-6-25(18-28(30)38)41-29-7-9-34(47)42-35(29)48/h6,8,16-19,29,33,41H,7,9-15,20-21H2,1-5H3,(H,42,47,48)/t29?,33-/m0/s1. The first kappa shape index (κ1) is 36.2. The van der Waals surface area contributed by atoms with E-state index in [1.807, 2.05) is 28.9 Å². The molecule has 0 aliphatic carbocycles. The number of aromatic nitrogens is 1. The molecule has 0 radical (unpaired) electrons. The van der Waals surface area contributed by atoms with Crippen molar-refractivity contribution in [2.45, 2.75) is 57.7 Å². The number of amides is 2. The van der Waals surface area contributed by atoms with E-state index in [4.69, 9.17) is 9.47 Å². The molecule has 0 bridgehead atoms. The van der Waals surface area contributed by atoms with E-state index in [0.717, 1.165) is 16.7 Å². The summed E-state index contributed by atoms with van der Waals surface area (Å²) in [4.78, 5) is 41.3. The van der Waals surface area contributed by atoms with Crippen LogP contribution in [0.15, 0.2) is 41.3 Å². The number of hydrogen-bond acceptors (Lipinski definition) is 9. The SMILES string of the molecule is COc1cc(-c2cn(C)c(=O)c(C)c2C)cc(OC)c1CN1CC[C@H](N2CCN(c3ccc(NC4CCC(=O)NC4=O)cc3F)CC2)C(F)(F)C1. The largest absolute Gasteiger partial charge is 0.496 e. The number of ether oxygens (including phenoxy) is 2. The minimum Gasteiger partial charge on any atom is -0.496 e. The lowest BCUT2D eigenvalue weighted by atomic mass is 9.95. The zero-order valence-electron chi connectivity index (χ0n) is 29.7. The maximum Gasteiger partial charge on any atom is 0.275 e. The Kier molecular flexibility index (Phi) is 10.4. The van der Waals surface area contributed by atoms with Crippen molar-refractivity contribution in [3.8, 4) is 22.6 Å². The van der Waals surface area contributed by atoms with Gasteiger partial charge in [-0.15, -0.1) is 0 Å². The summed E-state index contributed by atoms with van der Waals surface area (Å²) < 4.78 is 60.0. The van der Waals surface area contributed by atoms with Crippen molar-refractivity contribution in [2.24, 2.45) is 7.05 Å². The predicted molar refractivity (Wildman–Crippen MR) is 188 cm³/mol. The first-order chi connectivity index (χ1) is 24.3. The van der Waals surface area contributed by atoms with Gasteiger partial charge in [0.15, 0.2) is 0 Å². The summed E-state index contributed by atoms with van der Waals surface area (Å²) in [6, 6.07) is 6.79. The van der Waals surface area contributed by atoms with E-state index in [-0.39, 0.29) is 30.9 Å². The Hall–Kier alpha value is -4.56. The van der Waals surface area contributed by atoms with Crippen LogP contribution in [-0.2, 0) is 23.2 Å². The average Bonchev–Trinajstić information content (AvgIpc) is 3.10. The van der Waals surface area contributed by atoms with Crippen molar-refractivity contribution in [3.05, 3.63) is 69.4 Å². The molecule has 2 N–H and O–H groups in total. The number of hydrogen-bond donors (Lipinski definition) is 2. The molecule has 3 aromatic rings. The van der Waals surface area contributed by atoms with Crippen molar-refractivity contribution in [1.82, 2.24) is 19.7 Å². The number of nitrogens with zero attached hydrogens (tertiary/aromatic N) is 4. The normalized spacial score (nSPS) is 21.4. The van der Waals surface area contributed by atoms with Crippen LogP contribution < -0.4 is 30.6 Å². The first-order valence-electron chi connectivity index (χ1n) is 17.2. The number of piperazine rings is 1. The molecule has 3 saturated heterocycles. The molecule has 3 aliphatic rings. The number of anilines is 2. The van der Waals surface area contributed by atoms with Gasteiger partial charge in [-0.05, 0) is 68.1 Å². The molecule has 14 heteroatoms. The lowest BCUT2D eigenvalue weighted by Gasteiger charge is -2.46. The summed E-state index contributed by atoms with van der Waals surface area (Å²) in [7, 11) is 4.79. The van der Waals surface area contributed by atoms with E-state index < -0.39 is 36.3 Å². The van der Waals surface area contributed by atoms with Crippen LogP contribution in [0.1, 0.15) is 36.0 Å². The van der Waals surface area contributed by atoms with Crippen LogP contribution in [0.2, 0.25) is 0 Å². The Balaban J connectivity index is 1.09. The summed E-state index contributed by atoms with van der Waals surface area (Å²) in [6.07, 6.45) is 2.58. The summed E-state index contributed by atoms with van der Waals surface area (Å²) in [6.45, 7) is 5.43. The predicted octanol–water partition coefficient (Wildman–Crippen LogP) is 4.07. The fourth-order valence-corrected chi connectivity index (χ4v) is 7.53. The van der Waals surface area contributed by atoms with Gasteiger partial charge in [-0.25, -0.2) is 13.2 Å². The van der Waals surface area contributed by atoms with Crippen LogP contribution in [0.4, 0.5) is 24.5 Å². The second-order valence-corrected chi connectivity index (χ2v) is 13.7. The zero-order valence-corrected chi connectivity index (χ0v) is 29.7. The van der Waals surface area contributed by atoms with Gasteiger partial charge in [-0.3, -0.25) is 29.5 Å². The second-order valence-electron chi connectivity index (χ2n) is 13.7. The maximum atomic E-state index is 15.9. The van der Waals surface area contributed by atoms with Crippen molar-refractivity contribution in [2.75, 3.05) is 63.7 Å².